The monoisotopic (exact) mass is 241 g/mol. The van der Waals surface area contributed by atoms with Gasteiger partial charge in [0.25, 0.3) is 0 Å². The van der Waals surface area contributed by atoms with Crippen LogP contribution in [-0.2, 0) is 0 Å². The van der Waals surface area contributed by atoms with Crippen LogP contribution in [0.4, 0.5) is 0 Å². The van der Waals surface area contributed by atoms with E-state index in [4.69, 9.17) is 0 Å². The first kappa shape index (κ1) is 15.0. The van der Waals surface area contributed by atoms with Crippen molar-refractivity contribution >= 4 is 0 Å². The first-order chi connectivity index (χ1) is 8.12. The average molecular weight is 241 g/mol. The molecule has 0 spiro atoms. The fourth-order valence-corrected chi connectivity index (χ4v) is 3.24. The summed E-state index contributed by atoms with van der Waals surface area (Å²) in [6.07, 6.45) is 6.12. The highest BCUT2D eigenvalue weighted by Gasteiger charge is 2.33. The van der Waals surface area contributed by atoms with Gasteiger partial charge in [0.2, 0.25) is 0 Å². The highest BCUT2D eigenvalue weighted by molar-refractivity contribution is 4.89. The Kier molecular flexibility index (Phi) is 5.94. The van der Waals surface area contributed by atoms with E-state index >= 15 is 0 Å². The Morgan fingerprint density at radius 3 is 2.24 bits per heavy atom. The van der Waals surface area contributed by atoms with Crippen molar-refractivity contribution in [1.29, 1.82) is 0 Å². The van der Waals surface area contributed by atoms with Gasteiger partial charge in [-0.2, -0.15) is 0 Å². The van der Waals surface area contributed by atoms with Crippen LogP contribution in [0.25, 0.3) is 0 Å². The molecule has 17 heavy (non-hydrogen) atoms. The normalized spacial score (nSPS) is 29.8. The van der Waals surface area contributed by atoms with Crippen LogP contribution in [-0.4, -0.2) is 24.3 Å². The summed E-state index contributed by atoms with van der Waals surface area (Å²) in [6.45, 7) is 10.4. The summed E-state index contributed by atoms with van der Waals surface area (Å²) >= 11 is 0. The van der Waals surface area contributed by atoms with Gasteiger partial charge < -0.3 is 10.4 Å². The zero-order valence-corrected chi connectivity index (χ0v) is 12.1. The van der Waals surface area contributed by atoms with Crippen LogP contribution >= 0.6 is 0 Å². The van der Waals surface area contributed by atoms with E-state index in [-0.39, 0.29) is 5.41 Å². The van der Waals surface area contributed by atoms with E-state index in [0.29, 0.717) is 12.6 Å². The van der Waals surface area contributed by atoms with Crippen molar-refractivity contribution in [3.05, 3.63) is 0 Å². The van der Waals surface area contributed by atoms with E-state index in [1.165, 1.54) is 19.3 Å². The Bertz CT molecular complexity index is 205. The van der Waals surface area contributed by atoms with Crippen molar-refractivity contribution < 1.29 is 5.11 Å². The number of aliphatic hydroxyl groups is 1. The van der Waals surface area contributed by atoms with Crippen molar-refractivity contribution in [2.45, 2.75) is 65.8 Å². The zero-order valence-electron chi connectivity index (χ0n) is 12.1. The number of rotatable bonds is 7. The largest absolute Gasteiger partial charge is 0.396 e. The molecule has 1 aliphatic rings. The van der Waals surface area contributed by atoms with Gasteiger partial charge in [0.1, 0.15) is 0 Å². The Labute approximate surface area is 107 Å². The maximum atomic E-state index is 9.57. The number of aliphatic hydroxyl groups excluding tert-OH is 1. The molecule has 0 bridgehead atoms. The van der Waals surface area contributed by atoms with Crippen LogP contribution in [0, 0.1) is 17.3 Å². The van der Waals surface area contributed by atoms with E-state index < -0.39 is 0 Å². The third-order valence-corrected chi connectivity index (χ3v) is 5.33. The first-order valence-electron chi connectivity index (χ1n) is 7.46. The first-order valence-corrected chi connectivity index (χ1v) is 7.46. The Morgan fingerprint density at radius 2 is 1.82 bits per heavy atom. The van der Waals surface area contributed by atoms with Crippen LogP contribution in [0.1, 0.15) is 59.8 Å². The van der Waals surface area contributed by atoms with Crippen molar-refractivity contribution in [3.8, 4) is 0 Å². The second kappa shape index (κ2) is 6.75. The minimum Gasteiger partial charge on any atom is -0.396 e. The summed E-state index contributed by atoms with van der Waals surface area (Å²) in [5, 5.41) is 13.3. The molecule has 0 aromatic carbocycles. The van der Waals surface area contributed by atoms with Gasteiger partial charge in [-0.15, -0.1) is 0 Å². The number of hydrogen-bond donors (Lipinski definition) is 2. The fourth-order valence-electron chi connectivity index (χ4n) is 3.24. The molecule has 0 radical (unpaired) electrons. The molecule has 1 rings (SSSR count). The van der Waals surface area contributed by atoms with Gasteiger partial charge >= 0.3 is 0 Å². The summed E-state index contributed by atoms with van der Waals surface area (Å²) in [5.74, 6) is 1.70. The van der Waals surface area contributed by atoms with Crippen molar-refractivity contribution in [3.63, 3.8) is 0 Å². The molecule has 0 heterocycles. The predicted molar refractivity (Wildman–Crippen MR) is 74.1 cm³/mol. The van der Waals surface area contributed by atoms with Crippen LogP contribution in [0.3, 0.4) is 0 Å². The van der Waals surface area contributed by atoms with Crippen LogP contribution < -0.4 is 5.32 Å². The summed E-state index contributed by atoms with van der Waals surface area (Å²) in [4.78, 5) is 0. The summed E-state index contributed by atoms with van der Waals surface area (Å²) in [5.41, 5.74) is 0.101. The molecule has 3 atom stereocenters. The quantitative estimate of drug-likeness (QED) is 0.717. The van der Waals surface area contributed by atoms with Crippen molar-refractivity contribution in [2.75, 3.05) is 13.2 Å². The molecule has 1 aliphatic carbocycles. The zero-order chi connectivity index (χ0) is 12.9. The van der Waals surface area contributed by atoms with E-state index in [1.54, 1.807) is 0 Å². The van der Waals surface area contributed by atoms with Crippen LogP contribution in [0.5, 0.6) is 0 Å². The molecule has 2 nitrogen and oxygen atoms in total. The number of hydrogen-bond acceptors (Lipinski definition) is 2. The summed E-state index contributed by atoms with van der Waals surface area (Å²) in [6, 6.07) is 0.670. The minimum absolute atomic E-state index is 0.101. The highest BCUT2D eigenvalue weighted by Crippen LogP contribution is 2.34. The Hall–Kier alpha value is -0.0800. The Morgan fingerprint density at radius 1 is 1.18 bits per heavy atom. The lowest BCUT2D eigenvalue weighted by molar-refractivity contribution is 0.107. The summed E-state index contributed by atoms with van der Waals surface area (Å²) in [7, 11) is 0. The van der Waals surface area contributed by atoms with Gasteiger partial charge in [-0.3, -0.25) is 0 Å². The second-order valence-electron chi connectivity index (χ2n) is 5.96. The minimum atomic E-state index is 0.101. The van der Waals surface area contributed by atoms with E-state index in [1.807, 2.05) is 0 Å². The van der Waals surface area contributed by atoms with Gasteiger partial charge in [0, 0.05) is 24.6 Å². The van der Waals surface area contributed by atoms with Gasteiger partial charge in [0.15, 0.2) is 0 Å². The van der Waals surface area contributed by atoms with Crippen molar-refractivity contribution in [1.82, 2.24) is 5.32 Å². The van der Waals surface area contributed by atoms with Crippen molar-refractivity contribution in [2.24, 2.45) is 17.3 Å². The topological polar surface area (TPSA) is 32.3 Å². The van der Waals surface area contributed by atoms with Gasteiger partial charge in [0.05, 0.1) is 0 Å². The van der Waals surface area contributed by atoms with Crippen LogP contribution in [0.15, 0.2) is 0 Å². The van der Waals surface area contributed by atoms with E-state index in [2.05, 4.69) is 33.0 Å². The molecule has 102 valence electrons. The lowest BCUT2D eigenvalue weighted by Crippen LogP contribution is -2.42. The molecule has 1 fully saturated rings. The molecule has 0 aliphatic heterocycles. The molecule has 3 unspecified atom stereocenters. The van der Waals surface area contributed by atoms with Gasteiger partial charge in [-0.1, -0.05) is 34.1 Å². The Balaban J connectivity index is 2.45. The maximum absolute atomic E-state index is 9.57. The maximum Gasteiger partial charge on any atom is 0.0499 e. The average Bonchev–Trinajstić information content (AvgIpc) is 2.73. The SMILES string of the molecule is CCC1CCC(NCC(CC)(CC)CO)C1C. The smallest absolute Gasteiger partial charge is 0.0499 e. The lowest BCUT2D eigenvalue weighted by atomic mass is 9.82. The molecule has 1 saturated carbocycles. The second-order valence-corrected chi connectivity index (χ2v) is 5.96. The van der Waals surface area contributed by atoms with Gasteiger partial charge in [-0.05, 0) is 37.5 Å². The molecule has 0 aromatic heterocycles. The molecular formula is C15H31NO. The van der Waals surface area contributed by atoms with Crippen LogP contribution in [0.2, 0.25) is 0 Å². The highest BCUT2D eigenvalue weighted by atomic mass is 16.3. The van der Waals surface area contributed by atoms with E-state index in [0.717, 1.165) is 31.2 Å². The third kappa shape index (κ3) is 3.45. The fraction of sp³-hybridized carbons (Fsp3) is 1.00. The third-order valence-electron chi connectivity index (χ3n) is 5.33. The molecule has 0 saturated heterocycles. The predicted octanol–water partition coefficient (Wildman–Crippen LogP) is 3.20. The summed E-state index contributed by atoms with van der Waals surface area (Å²) < 4.78 is 0. The van der Waals surface area contributed by atoms with E-state index in [9.17, 15) is 5.11 Å². The molecule has 0 aromatic rings. The molecule has 2 heteroatoms. The molecule has 2 N–H and O–H groups in total. The molecule has 0 amide bonds. The van der Waals surface area contributed by atoms with Gasteiger partial charge in [-0.25, -0.2) is 0 Å². The number of nitrogens with one attached hydrogen (secondary N) is 1. The lowest BCUT2D eigenvalue weighted by Gasteiger charge is -2.32. The standard InChI is InChI=1S/C15H31NO/c1-5-13-8-9-14(12(13)4)16-10-15(6-2,7-3)11-17/h12-14,16-17H,5-11H2,1-4H3. The molecular weight excluding hydrogens is 210 g/mol.